The zero-order valence-corrected chi connectivity index (χ0v) is 33.1. The van der Waals surface area contributed by atoms with Gasteiger partial charge in [-0.3, -0.25) is 19.2 Å². The van der Waals surface area contributed by atoms with Gasteiger partial charge >= 0.3 is 23.9 Å². The Morgan fingerprint density at radius 2 is 1.40 bits per heavy atom. The molecule has 6 atom stereocenters. The Balaban J connectivity index is 1.77. The molecule has 4 rings (SSSR count). The smallest absolute Gasteiger partial charge is 0.348 e. The number of rotatable bonds is 12. The summed E-state index contributed by atoms with van der Waals surface area (Å²) in [6, 6.07) is 20.4. The molecule has 0 aliphatic carbocycles. The molecule has 1 heterocycles. The van der Waals surface area contributed by atoms with Crippen LogP contribution in [0.25, 0.3) is 0 Å². The number of hydrogen-bond donors (Lipinski definition) is 2. The van der Waals surface area contributed by atoms with Crippen LogP contribution in [0.15, 0.2) is 78.9 Å². The number of amides is 2. The van der Waals surface area contributed by atoms with E-state index in [9.17, 15) is 33.6 Å². The Bertz CT molecular complexity index is 1910. The second-order valence-corrected chi connectivity index (χ2v) is 14.7. The number of ether oxygens (including phenoxy) is 5. The summed E-state index contributed by atoms with van der Waals surface area (Å²) in [4.78, 5) is 95.4. The SMILES string of the molecule is CCC(C)C1OC(=O)C(C)(C)C(=O)C(Cc2ccccc2)OC(=O)[C@H](C(C)C)OC(=O)[C@@H](NC(=O)c2cccc(NC=O)c2OCc2ccccc2)[C@@H](C)OC1=O. The maximum atomic E-state index is 14.1. The maximum Gasteiger partial charge on any atom is 0.348 e. The molecule has 1 aliphatic heterocycles. The van der Waals surface area contributed by atoms with Crippen LogP contribution in [-0.2, 0) is 60.7 Å². The molecule has 1 fully saturated rings. The molecule has 0 aromatic heterocycles. The standard InChI is InChI=1S/C43H50N2O12/c1-8-26(4)35-41(51)54-27(5)33(45-38(48)30-20-15-21-31(44-24-46)36(30)53-23-29-18-13-10-14-19-29)39(49)56-34(25(2)3)40(50)55-32(22-28-16-11-9-12-17-28)37(47)43(6,7)42(52)57-35/h9-21,24-27,32-35H,8,22-23H2,1-7H3,(H,44,46)(H,45,48)/t26?,27-,32?,33+,34+,35?/m1/s1. The zero-order chi connectivity index (χ0) is 41.9. The number of esters is 4. The van der Waals surface area contributed by atoms with Crippen LogP contribution >= 0.6 is 0 Å². The Morgan fingerprint density at radius 1 is 0.789 bits per heavy atom. The quantitative estimate of drug-likeness (QED) is 0.106. The molecule has 0 radical (unpaired) electrons. The Hall–Kier alpha value is -6.05. The van der Waals surface area contributed by atoms with Gasteiger partial charge in [0.2, 0.25) is 18.6 Å². The van der Waals surface area contributed by atoms with Crippen LogP contribution in [0, 0.1) is 17.3 Å². The summed E-state index contributed by atoms with van der Waals surface area (Å²) < 4.78 is 29.0. The minimum Gasteiger partial charge on any atom is -0.486 e. The maximum absolute atomic E-state index is 14.1. The lowest BCUT2D eigenvalue weighted by Gasteiger charge is -2.30. The molecule has 3 aromatic carbocycles. The van der Waals surface area contributed by atoms with Crippen molar-refractivity contribution in [2.75, 3.05) is 5.32 Å². The third kappa shape index (κ3) is 11.0. The summed E-state index contributed by atoms with van der Waals surface area (Å²) in [5, 5.41) is 5.07. The lowest BCUT2D eigenvalue weighted by atomic mass is 9.83. The number of benzene rings is 3. The van der Waals surface area contributed by atoms with Crippen molar-refractivity contribution >= 4 is 47.7 Å². The van der Waals surface area contributed by atoms with Crippen LogP contribution < -0.4 is 15.4 Å². The second-order valence-electron chi connectivity index (χ2n) is 14.7. The van der Waals surface area contributed by atoms with Crippen molar-refractivity contribution < 1.29 is 57.2 Å². The van der Waals surface area contributed by atoms with E-state index in [4.69, 9.17) is 23.7 Å². The van der Waals surface area contributed by atoms with Gasteiger partial charge in [-0.25, -0.2) is 14.4 Å². The van der Waals surface area contributed by atoms with Crippen molar-refractivity contribution in [1.82, 2.24) is 5.32 Å². The molecule has 0 saturated carbocycles. The van der Waals surface area contributed by atoms with E-state index in [2.05, 4.69) is 10.6 Å². The van der Waals surface area contributed by atoms with Crippen molar-refractivity contribution in [2.24, 2.45) is 17.3 Å². The summed E-state index contributed by atoms with van der Waals surface area (Å²) in [5.41, 5.74) is -0.487. The van der Waals surface area contributed by atoms with Gasteiger partial charge in [0.05, 0.1) is 11.3 Å². The summed E-state index contributed by atoms with van der Waals surface area (Å²) in [7, 11) is 0. The highest BCUT2D eigenvalue weighted by Gasteiger charge is 2.47. The van der Waals surface area contributed by atoms with Crippen molar-refractivity contribution in [3.63, 3.8) is 0 Å². The molecule has 1 aliphatic rings. The van der Waals surface area contributed by atoms with Crippen molar-refractivity contribution in [3.05, 3.63) is 95.6 Å². The molecule has 2 amide bonds. The summed E-state index contributed by atoms with van der Waals surface area (Å²) in [5.74, 6) is -7.41. The molecule has 0 spiro atoms. The highest BCUT2D eigenvalue weighted by Crippen LogP contribution is 2.31. The molecule has 14 heteroatoms. The first-order valence-electron chi connectivity index (χ1n) is 18.8. The topological polar surface area (TPSA) is 190 Å². The van der Waals surface area contributed by atoms with Gasteiger partial charge in [-0.2, -0.15) is 0 Å². The fourth-order valence-electron chi connectivity index (χ4n) is 5.94. The Labute approximate surface area is 331 Å². The predicted octanol–water partition coefficient (Wildman–Crippen LogP) is 5.15. The zero-order valence-electron chi connectivity index (χ0n) is 33.1. The first kappa shape index (κ1) is 43.7. The molecular formula is C43H50N2O12. The summed E-state index contributed by atoms with van der Waals surface area (Å²) in [6.07, 6.45) is -5.51. The number of Topliss-reactive ketones (excluding diaryl/α,β-unsaturated/α-hetero) is 1. The minimum absolute atomic E-state index is 0.0105. The van der Waals surface area contributed by atoms with Crippen LogP contribution in [0.2, 0.25) is 0 Å². The molecule has 14 nitrogen and oxygen atoms in total. The monoisotopic (exact) mass is 786 g/mol. The molecule has 0 bridgehead atoms. The van der Waals surface area contributed by atoms with Gasteiger partial charge in [-0.15, -0.1) is 0 Å². The van der Waals surface area contributed by atoms with Gasteiger partial charge in [0.15, 0.2) is 23.7 Å². The number of nitrogens with one attached hydrogen (secondary N) is 2. The fraction of sp³-hybridized carbons (Fsp3) is 0.419. The van der Waals surface area contributed by atoms with E-state index in [-0.39, 0.29) is 30.0 Å². The molecule has 57 heavy (non-hydrogen) atoms. The number of ketones is 1. The highest BCUT2D eigenvalue weighted by molar-refractivity contribution is 6.06. The van der Waals surface area contributed by atoms with Crippen LogP contribution in [0.4, 0.5) is 5.69 Å². The van der Waals surface area contributed by atoms with Gasteiger partial charge in [0, 0.05) is 18.3 Å². The Kier molecular flexibility index (Phi) is 15.1. The molecule has 304 valence electrons. The number of cyclic esters (lactones) is 4. The molecule has 3 unspecified atom stereocenters. The molecule has 3 aromatic rings. The molecule has 1 saturated heterocycles. The van der Waals surface area contributed by atoms with E-state index in [0.29, 0.717) is 18.4 Å². The number of para-hydroxylation sites is 1. The highest BCUT2D eigenvalue weighted by atomic mass is 16.6. The van der Waals surface area contributed by atoms with Gasteiger partial charge in [0.25, 0.3) is 5.91 Å². The van der Waals surface area contributed by atoms with Gasteiger partial charge < -0.3 is 34.3 Å². The first-order chi connectivity index (χ1) is 27.1. The number of hydrogen-bond acceptors (Lipinski definition) is 12. The van der Waals surface area contributed by atoms with Crippen molar-refractivity contribution in [3.8, 4) is 5.75 Å². The normalized spacial score (nSPS) is 22.4. The molecule has 2 N–H and O–H groups in total. The van der Waals surface area contributed by atoms with Crippen LogP contribution in [0.1, 0.15) is 76.4 Å². The van der Waals surface area contributed by atoms with E-state index >= 15 is 0 Å². The number of carbonyl (C=O) groups excluding carboxylic acids is 7. The number of carbonyl (C=O) groups is 7. The average molecular weight is 787 g/mol. The second kappa shape index (κ2) is 19.7. The van der Waals surface area contributed by atoms with Gasteiger partial charge in [-0.1, -0.05) is 94.4 Å². The van der Waals surface area contributed by atoms with Crippen molar-refractivity contribution in [1.29, 1.82) is 0 Å². The van der Waals surface area contributed by atoms with Crippen molar-refractivity contribution in [2.45, 2.75) is 98.4 Å². The number of anilines is 1. The largest absolute Gasteiger partial charge is 0.486 e. The van der Waals surface area contributed by atoms with E-state index in [1.54, 1.807) is 82.3 Å². The minimum atomic E-state index is -1.91. The first-order valence-corrected chi connectivity index (χ1v) is 18.8. The summed E-state index contributed by atoms with van der Waals surface area (Å²) >= 11 is 0. The van der Waals surface area contributed by atoms with Crippen LogP contribution in [0.5, 0.6) is 5.75 Å². The van der Waals surface area contributed by atoms with E-state index in [1.807, 2.05) is 6.07 Å². The van der Waals surface area contributed by atoms with E-state index in [0.717, 1.165) is 5.56 Å². The lowest BCUT2D eigenvalue weighted by molar-refractivity contribution is -0.183. The van der Waals surface area contributed by atoms with E-state index in [1.165, 1.54) is 39.0 Å². The third-order valence-electron chi connectivity index (χ3n) is 9.66. The average Bonchev–Trinajstić information content (AvgIpc) is 3.19. The van der Waals surface area contributed by atoms with Gasteiger partial charge in [-0.05, 0) is 50.5 Å². The van der Waals surface area contributed by atoms with Crippen LogP contribution in [0.3, 0.4) is 0 Å². The van der Waals surface area contributed by atoms with E-state index < -0.39 is 83.3 Å². The molecular weight excluding hydrogens is 736 g/mol. The third-order valence-corrected chi connectivity index (χ3v) is 9.66. The van der Waals surface area contributed by atoms with Crippen LogP contribution in [-0.4, -0.2) is 72.4 Å². The summed E-state index contributed by atoms with van der Waals surface area (Å²) in [6.45, 7) is 10.5. The fourth-order valence-corrected chi connectivity index (χ4v) is 5.94. The Morgan fingerprint density at radius 3 is 2.00 bits per heavy atom. The lowest BCUT2D eigenvalue weighted by Crippen LogP contribution is -2.52. The van der Waals surface area contributed by atoms with Gasteiger partial charge in [0.1, 0.15) is 18.1 Å². The predicted molar refractivity (Wildman–Crippen MR) is 207 cm³/mol.